The highest BCUT2D eigenvalue weighted by Gasteiger charge is 2.20. The third-order valence-corrected chi connectivity index (χ3v) is 3.82. The zero-order valence-corrected chi connectivity index (χ0v) is 13.5. The Labute approximate surface area is 139 Å². The maximum absolute atomic E-state index is 12.2. The van der Waals surface area contributed by atoms with Gasteiger partial charge < -0.3 is 14.6 Å². The van der Waals surface area contributed by atoms with Gasteiger partial charge in [0.1, 0.15) is 5.69 Å². The number of carbonyl (C=O) groups excluding carboxylic acids is 2. The lowest BCUT2D eigenvalue weighted by molar-refractivity contribution is -0.123. The smallest absolute Gasteiger partial charge is 0.355 e. The highest BCUT2D eigenvalue weighted by molar-refractivity contribution is 5.98. The van der Waals surface area contributed by atoms with Crippen LogP contribution >= 0.6 is 0 Å². The van der Waals surface area contributed by atoms with Crippen molar-refractivity contribution in [3.8, 4) is 0 Å². The fraction of sp³-hybridized carbons (Fsp3) is 0.158. The summed E-state index contributed by atoms with van der Waals surface area (Å²) >= 11 is 0. The number of anilines is 1. The maximum Gasteiger partial charge on any atom is 0.355 e. The molecule has 0 spiro atoms. The zero-order chi connectivity index (χ0) is 17.1. The van der Waals surface area contributed by atoms with Gasteiger partial charge in [-0.3, -0.25) is 4.79 Å². The van der Waals surface area contributed by atoms with Crippen LogP contribution in [0.4, 0.5) is 5.69 Å². The van der Waals surface area contributed by atoms with Gasteiger partial charge in [0, 0.05) is 18.9 Å². The summed E-state index contributed by atoms with van der Waals surface area (Å²) in [6.07, 6.45) is 0.857. The first-order chi connectivity index (χ1) is 11.5. The number of hydrogen-bond acceptors (Lipinski definition) is 3. The Morgan fingerprint density at radius 3 is 2.50 bits per heavy atom. The van der Waals surface area contributed by atoms with Gasteiger partial charge >= 0.3 is 5.97 Å². The van der Waals surface area contributed by atoms with Crippen LogP contribution in [0.25, 0.3) is 10.8 Å². The number of nitrogens with zero attached hydrogens (tertiary/aromatic N) is 1. The molecule has 122 valence electrons. The summed E-state index contributed by atoms with van der Waals surface area (Å²) in [4.78, 5) is 24.3. The van der Waals surface area contributed by atoms with Gasteiger partial charge in [-0.2, -0.15) is 0 Å². The quantitative estimate of drug-likeness (QED) is 0.749. The maximum atomic E-state index is 12.2. The fourth-order valence-corrected chi connectivity index (χ4v) is 2.46. The number of aryl methyl sites for hydroxylation is 1. The minimum Gasteiger partial charge on any atom is -0.448 e. The van der Waals surface area contributed by atoms with Crippen molar-refractivity contribution in [1.82, 2.24) is 4.57 Å². The second kappa shape index (κ2) is 6.58. The molecule has 0 radical (unpaired) electrons. The summed E-state index contributed by atoms with van der Waals surface area (Å²) in [6.45, 7) is 1.55. The summed E-state index contributed by atoms with van der Waals surface area (Å²) in [5, 5.41) is 4.90. The van der Waals surface area contributed by atoms with Crippen molar-refractivity contribution < 1.29 is 14.3 Å². The van der Waals surface area contributed by atoms with Crippen LogP contribution in [-0.2, 0) is 16.6 Å². The van der Waals surface area contributed by atoms with Crippen LogP contribution in [0.2, 0.25) is 0 Å². The van der Waals surface area contributed by atoms with E-state index in [-0.39, 0.29) is 5.91 Å². The Bertz CT molecular complexity index is 898. The molecule has 2 aromatic carbocycles. The molecule has 0 aliphatic heterocycles. The van der Waals surface area contributed by atoms with Crippen molar-refractivity contribution in [2.45, 2.75) is 13.0 Å². The summed E-state index contributed by atoms with van der Waals surface area (Å²) in [6, 6.07) is 16.9. The first kappa shape index (κ1) is 15.8. The van der Waals surface area contributed by atoms with Gasteiger partial charge in [0.05, 0.1) is 0 Å². The highest BCUT2D eigenvalue weighted by Crippen LogP contribution is 2.19. The van der Waals surface area contributed by atoms with Crippen LogP contribution in [0, 0.1) is 0 Å². The van der Waals surface area contributed by atoms with Gasteiger partial charge in [0.15, 0.2) is 6.10 Å². The van der Waals surface area contributed by atoms with Crippen molar-refractivity contribution in [3.63, 3.8) is 0 Å². The Morgan fingerprint density at radius 2 is 1.79 bits per heavy atom. The van der Waals surface area contributed by atoms with E-state index < -0.39 is 12.1 Å². The standard InChI is InChI=1S/C19H18N2O3/c1-13(24-19(23)17-8-5-11-21(17)2)18(22)20-16-10-9-14-6-3-4-7-15(14)12-16/h3-13H,1-2H3,(H,20,22)/t13-/m0/s1. The number of esters is 1. The fourth-order valence-electron chi connectivity index (χ4n) is 2.46. The minimum absolute atomic E-state index is 0.368. The number of nitrogens with one attached hydrogen (secondary N) is 1. The van der Waals surface area contributed by atoms with E-state index in [0.29, 0.717) is 11.4 Å². The molecule has 0 saturated carbocycles. The largest absolute Gasteiger partial charge is 0.448 e. The van der Waals surface area contributed by atoms with Crippen molar-refractivity contribution >= 4 is 28.3 Å². The summed E-state index contributed by atoms with van der Waals surface area (Å²) in [5.41, 5.74) is 1.07. The molecule has 0 saturated heterocycles. The van der Waals surface area contributed by atoms with Crippen molar-refractivity contribution in [1.29, 1.82) is 0 Å². The molecule has 24 heavy (non-hydrogen) atoms. The lowest BCUT2D eigenvalue weighted by Gasteiger charge is -2.14. The molecule has 1 atom stereocenters. The molecule has 0 aliphatic rings. The van der Waals surface area contributed by atoms with Crippen molar-refractivity contribution in [3.05, 3.63) is 66.5 Å². The molecule has 1 aromatic heterocycles. The van der Waals surface area contributed by atoms with Crippen molar-refractivity contribution in [2.24, 2.45) is 7.05 Å². The third kappa shape index (κ3) is 3.30. The van der Waals surface area contributed by atoms with Gasteiger partial charge in [0.2, 0.25) is 0 Å². The van der Waals surface area contributed by atoms with Gasteiger partial charge in [0.25, 0.3) is 5.91 Å². The monoisotopic (exact) mass is 322 g/mol. The topological polar surface area (TPSA) is 60.3 Å². The van der Waals surface area contributed by atoms with E-state index in [1.165, 1.54) is 0 Å². The number of carbonyl (C=O) groups is 2. The van der Waals surface area contributed by atoms with Crippen LogP contribution in [0.5, 0.6) is 0 Å². The van der Waals surface area contributed by atoms with Gasteiger partial charge in [-0.1, -0.05) is 30.3 Å². The second-order valence-corrected chi connectivity index (χ2v) is 5.60. The molecule has 3 rings (SSSR count). The van der Waals surface area contributed by atoms with Crippen molar-refractivity contribution in [2.75, 3.05) is 5.32 Å². The van der Waals surface area contributed by atoms with Crippen LogP contribution in [-0.4, -0.2) is 22.5 Å². The van der Waals surface area contributed by atoms with Crippen LogP contribution in [0.1, 0.15) is 17.4 Å². The molecule has 0 bridgehead atoms. The number of rotatable bonds is 4. The summed E-state index contributed by atoms with van der Waals surface area (Å²) in [7, 11) is 1.75. The highest BCUT2D eigenvalue weighted by atomic mass is 16.5. The summed E-state index contributed by atoms with van der Waals surface area (Å²) in [5.74, 6) is -0.892. The van der Waals surface area contributed by atoms with E-state index in [1.54, 1.807) is 36.9 Å². The molecule has 0 unspecified atom stereocenters. The van der Waals surface area contributed by atoms with E-state index >= 15 is 0 Å². The zero-order valence-electron chi connectivity index (χ0n) is 13.5. The van der Waals surface area contributed by atoms with Gasteiger partial charge in [-0.25, -0.2) is 4.79 Å². The lowest BCUT2D eigenvalue weighted by atomic mass is 10.1. The predicted molar refractivity (Wildman–Crippen MR) is 92.9 cm³/mol. The SMILES string of the molecule is C[C@H](OC(=O)c1cccn1C)C(=O)Nc1ccc2ccccc2c1. The van der Waals surface area contributed by atoms with Gasteiger partial charge in [-0.15, -0.1) is 0 Å². The average molecular weight is 322 g/mol. The molecular weight excluding hydrogens is 304 g/mol. The Balaban J connectivity index is 1.67. The van der Waals surface area contributed by atoms with E-state index in [9.17, 15) is 9.59 Å². The number of ether oxygens (including phenoxy) is 1. The molecule has 0 aliphatic carbocycles. The number of hydrogen-bond donors (Lipinski definition) is 1. The van der Waals surface area contributed by atoms with Crippen LogP contribution in [0.3, 0.4) is 0 Å². The first-order valence-corrected chi connectivity index (χ1v) is 7.66. The Morgan fingerprint density at radius 1 is 1.04 bits per heavy atom. The van der Waals surface area contributed by atoms with Gasteiger partial charge in [-0.05, 0) is 42.0 Å². The van der Waals surface area contributed by atoms with E-state index in [2.05, 4.69) is 5.32 Å². The molecule has 3 aromatic rings. The molecule has 1 amide bonds. The Kier molecular flexibility index (Phi) is 4.33. The summed E-state index contributed by atoms with van der Waals surface area (Å²) < 4.78 is 6.87. The number of amides is 1. The number of aromatic nitrogens is 1. The molecule has 1 N–H and O–H groups in total. The molecular formula is C19H18N2O3. The first-order valence-electron chi connectivity index (χ1n) is 7.66. The average Bonchev–Trinajstić information content (AvgIpc) is 3.00. The molecule has 1 heterocycles. The predicted octanol–water partition coefficient (Wildman–Crippen LogP) is 3.36. The third-order valence-electron chi connectivity index (χ3n) is 3.82. The Hall–Kier alpha value is -3.08. The number of benzene rings is 2. The van der Waals surface area contributed by atoms with E-state index in [4.69, 9.17) is 4.74 Å². The molecule has 5 nitrogen and oxygen atoms in total. The molecule has 0 fully saturated rings. The molecule has 5 heteroatoms. The minimum atomic E-state index is -0.890. The lowest BCUT2D eigenvalue weighted by Crippen LogP contribution is -2.30. The van der Waals surface area contributed by atoms with E-state index in [1.807, 2.05) is 42.5 Å². The van der Waals surface area contributed by atoms with Crippen LogP contribution < -0.4 is 5.32 Å². The van der Waals surface area contributed by atoms with Crippen LogP contribution in [0.15, 0.2) is 60.8 Å². The van der Waals surface area contributed by atoms with E-state index in [0.717, 1.165) is 10.8 Å². The normalized spacial score (nSPS) is 11.9. The second-order valence-electron chi connectivity index (χ2n) is 5.60. The number of fused-ring (bicyclic) bond motifs is 1.